The van der Waals surface area contributed by atoms with E-state index in [0.717, 1.165) is 6.42 Å². The fourth-order valence-corrected chi connectivity index (χ4v) is 3.44. The molecule has 1 fully saturated rings. The van der Waals surface area contributed by atoms with Crippen LogP contribution in [0.1, 0.15) is 12.8 Å². The first kappa shape index (κ1) is 7.00. The Labute approximate surface area is 57.5 Å². The smallest absolute Gasteiger partial charge is 0.133 e. The largest absolute Gasteiger partial charge is 0.300 e. The molecule has 0 aromatic heterocycles. The van der Waals surface area contributed by atoms with Gasteiger partial charge in [0.25, 0.3) is 0 Å². The van der Waals surface area contributed by atoms with E-state index in [9.17, 15) is 4.79 Å². The van der Waals surface area contributed by atoms with Crippen LogP contribution in [0, 0.1) is 0 Å². The molecular formula is C7H14OSi. The van der Waals surface area contributed by atoms with Gasteiger partial charge in [0.05, 0.1) is 8.07 Å². The molecule has 0 radical (unpaired) electrons. The number of Topliss-reactive ketones (excluding diaryl/α,β-unsaturated/α-hetero) is 1. The van der Waals surface area contributed by atoms with Crippen LogP contribution < -0.4 is 0 Å². The number of hydrogen-bond donors (Lipinski definition) is 0. The van der Waals surface area contributed by atoms with Gasteiger partial charge in [-0.3, -0.25) is 4.79 Å². The maximum atomic E-state index is 10.9. The zero-order valence-electron chi connectivity index (χ0n) is 6.40. The molecule has 1 aliphatic rings. The summed E-state index contributed by atoms with van der Waals surface area (Å²) in [6, 6.07) is 0. The molecule has 0 heterocycles. The molecular weight excluding hydrogens is 128 g/mol. The zero-order chi connectivity index (χ0) is 7.07. The van der Waals surface area contributed by atoms with E-state index in [1.807, 2.05) is 0 Å². The van der Waals surface area contributed by atoms with Crippen molar-refractivity contribution in [3.8, 4) is 0 Å². The predicted molar refractivity (Wildman–Crippen MR) is 41.3 cm³/mol. The fraction of sp³-hybridized carbons (Fsp3) is 0.857. The third kappa shape index (κ3) is 1.23. The Balaban J connectivity index is 2.54. The Hall–Kier alpha value is -0.113. The second-order valence-electron chi connectivity index (χ2n) is 3.92. The second kappa shape index (κ2) is 1.94. The fourth-order valence-electron chi connectivity index (χ4n) is 1.32. The summed E-state index contributed by atoms with van der Waals surface area (Å²) in [4.78, 5) is 10.9. The minimum atomic E-state index is -1.09. The average Bonchev–Trinajstić information content (AvgIpc) is 1.57. The van der Waals surface area contributed by atoms with Crippen molar-refractivity contribution in [3.63, 3.8) is 0 Å². The van der Waals surface area contributed by atoms with Gasteiger partial charge in [-0.15, -0.1) is 0 Å². The van der Waals surface area contributed by atoms with Gasteiger partial charge in [0.2, 0.25) is 0 Å². The summed E-state index contributed by atoms with van der Waals surface area (Å²) in [6.45, 7) is 6.82. The summed E-state index contributed by atoms with van der Waals surface area (Å²) < 4.78 is 0. The lowest BCUT2D eigenvalue weighted by molar-refractivity contribution is -0.123. The third-order valence-electron chi connectivity index (χ3n) is 2.11. The van der Waals surface area contributed by atoms with Gasteiger partial charge in [0, 0.05) is 12.0 Å². The Kier molecular flexibility index (Phi) is 1.51. The third-order valence-corrected chi connectivity index (χ3v) is 4.81. The quantitative estimate of drug-likeness (QED) is 0.512. The molecule has 0 aromatic carbocycles. The van der Waals surface area contributed by atoms with Gasteiger partial charge in [-0.05, 0) is 6.42 Å². The predicted octanol–water partition coefficient (Wildman–Crippen LogP) is 2.06. The van der Waals surface area contributed by atoms with Gasteiger partial charge in [0.1, 0.15) is 5.78 Å². The zero-order valence-corrected chi connectivity index (χ0v) is 7.40. The van der Waals surface area contributed by atoms with Crippen molar-refractivity contribution >= 4 is 13.9 Å². The van der Waals surface area contributed by atoms with Crippen LogP contribution in [-0.2, 0) is 4.79 Å². The first-order chi connectivity index (χ1) is 4.02. The molecule has 1 rings (SSSR count). The summed E-state index contributed by atoms with van der Waals surface area (Å²) in [6.07, 6.45) is 2.03. The molecule has 9 heavy (non-hydrogen) atoms. The number of ketones is 1. The van der Waals surface area contributed by atoms with Crippen LogP contribution in [-0.4, -0.2) is 13.9 Å². The van der Waals surface area contributed by atoms with Crippen molar-refractivity contribution in [2.45, 2.75) is 38.0 Å². The highest BCUT2D eigenvalue weighted by Crippen LogP contribution is 2.37. The monoisotopic (exact) mass is 142 g/mol. The SMILES string of the molecule is C[Si](C)(C)C1CCC1=O. The van der Waals surface area contributed by atoms with E-state index in [0.29, 0.717) is 11.3 Å². The highest BCUT2D eigenvalue weighted by Gasteiger charge is 2.38. The van der Waals surface area contributed by atoms with Crippen LogP contribution >= 0.6 is 0 Å². The molecule has 1 nitrogen and oxygen atoms in total. The van der Waals surface area contributed by atoms with Crippen molar-refractivity contribution in [2.75, 3.05) is 0 Å². The molecule has 0 spiro atoms. The summed E-state index contributed by atoms with van der Waals surface area (Å²) in [5.41, 5.74) is 0.498. The van der Waals surface area contributed by atoms with Crippen LogP contribution in [0.2, 0.25) is 25.2 Å². The second-order valence-corrected chi connectivity index (χ2v) is 9.35. The molecule has 52 valence electrons. The lowest BCUT2D eigenvalue weighted by atomic mass is 9.98. The van der Waals surface area contributed by atoms with Gasteiger partial charge < -0.3 is 0 Å². The Bertz CT molecular complexity index is 134. The molecule has 0 N–H and O–H groups in total. The highest BCUT2D eigenvalue weighted by molar-refractivity contribution is 6.81. The minimum Gasteiger partial charge on any atom is -0.300 e. The standard InChI is InChI=1S/C7H14OSi/c1-9(2,3)7-5-4-6(7)8/h7H,4-5H2,1-3H3. The molecule has 0 amide bonds. The van der Waals surface area contributed by atoms with E-state index in [4.69, 9.17) is 0 Å². The Morgan fingerprint density at radius 1 is 1.44 bits per heavy atom. The van der Waals surface area contributed by atoms with Gasteiger partial charge >= 0.3 is 0 Å². The summed E-state index contributed by atoms with van der Waals surface area (Å²) in [7, 11) is -1.09. The lowest BCUT2D eigenvalue weighted by Crippen LogP contribution is -2.39. The van der Waals surface area contributed by atoms with Crippen LogP contribution in [0.15, 0.2) is 0 Å². The number of rotatable bonds is 1. The van der Waals surface area contributed by atoms with E-state index < -0.39 is 8.07 Å². The first-order valence-electron chi connectivity index (χ1n) is 3.54. The van der Waals surface area contributed by atoms with Crippen molar-refractivity contribution in [1.82, 2.24) is 0 Å². The molecule has 0 saturated heterocycles. The summed E-state index contributed by atoms with van der Waals surface area (Å²) >= 11 is 0. The van der Waals surface area contributed by atoms with Crippen molar-refractivity contribution in [2.24, 2.45) is 0 Å². The van der Waals surface area contributed by atoms with E-state index >= 15 is 0 Å². The van der Waals surface area contributed by atoms with E-state index in [1.54, 1.807) is 0 Å². The molecule has 1 saturated carbocycles. The molecule has 0 aromatic rings. The van der Waals surface area contributed by atoms with Crippen LogP contribution in [0.4, 0.5) is 0 Å². The Morgan fingerprint density at radius 2 is 2.00 bits per heavy atom. The molecule has 1 unspecified atom stereocenters. The van der Waals surface area contributed by atoms with Crippen molar-refractivity contribution in [1.29, 1.82) is 0 Å². The first-order valence-corrected chi connectivity index (χ1v) is 7.12. The summed E-state index contributed by atoms with van der Waals surface area (Å²) in [5, 5.41) is 0. The number of carbonyl (C=O) groups is 1. The lowest BCUT2D eigenvalue weighted by Gasteiger charge is -2.34. The number of hydrogen-bond acceptors (Lipinski definition) is 1. The molecule has 0 aliphatic heterocycles. The van der Waals surface area contributed by atoms with Crippen LogP contribution in [0.25, 0.3) is 0 Å². The van der Waals surface area contributed by atoms with Crippen LogP contribution in [0.3, 0.4) is 0 Å². The molecule has 0 bridgehead atoms. The van der Waals surface area contributed by atoms with E-state index in [1.165, 1.54) is 6.42 Å². The molecule has 1 atom stereocenters. The van der Waals surface area contributed by atoms with Gasteiger partial charge in [-0.2, -0.15) is 0 Å². The van der Waals surface area contributed by atoms with E-state index in [-0.39, 0.29) is 0 Å². The number of carbonyl (C=O) groups excluding carboxylic acids is 1. The van der Waals surface area contributed by atoms with Crippen molar-refractivity contribution < 1.29 is 4.79 Å². The molecule has 2 heteroatoms. The topological polar surface area (TPSA) is 17.1 Å². The maximum Gasteiger partial charge on any atom is 0.133 e. The minimum absolute atomic E-state index is 0.498. The average molecular weight is 142 g/mol. The van der Waals surface area contributed by atoms with Crippen LogP contribution in [0.5, 0.6) is 0 Å². The van der Waals surface area contributed by atoms with Gasteiger partial charge in [-0.25, -0.2) is 0 Å². The Morgan fingerprint density at radius 3 is 2.00 bits per heavy atom. The van der Waals surface area contributed by atoms with Gasteiger partial charge in [0.15, 0.2) is 0 Å². The molecule has 1 aliphatic carbocycles. The van der Waals surface area contributed by atoms with Crippen molar-refractivity contribution in [3.05, 3.63) is 0 Å². The highest BCUT2D eigenvalue weighted by atomic mass is 28.3. The normalized spacial score (nSPS) is 27.9. The maximum absolute atomic E-state index is 10.9. The van der Waals surface area contributed by atoms with Gasteiger partial charge in [-0.1, -0.05) is 19.6 Å². The van der Waals surface area contributed by atoms with E-state index in [2.05, 4.69) is 19.6 Å². The summed E-state index contributed by atoms with van der Waals surface area (Å²) in [5.74, 6) is 0.522.